The molecule has 0 saturated carbocycles. The third kappa shape index (κ3) is 1.86. The first-order valence-corrected chi connectivity index (χ1v) is 7.48. The zero-order valence-electron chi connectivity index (χ0n) is 12.2. The van der Waals surface area contributed by atoms with E-state index >= 15 is 0 Å². The van der Waals surface area contributed by atoms with Crippen molar-refractivity contribution in [3.8, 4) is 11.3 Å². The maximum atomic E-state index is 13.4. The van der Waals surface area contributed by atoms with E-state index in [4.69, 9.17) is 0 Å². The van der Waals surface area contributed by atoms with E-state index in [2.05, 4.69) is 26.6 Å². The minimum atomic E-state index is -0.203. The van der Waals surface area contributed by atoms with Crippen LogP contribution in [0, 0.1) is 5.82 Å². The lowest BCUT2D eigenvalue weighted by molar-refractivity contribution is 0.626. The van der Waals surface area contributed by atoms with Gasteiger partial charge in [0.25, 0.3) is 0 Å². The maximum Gasteiger partial charge on any atom is 0.130 e. The van der Waals surface area contributed by atoms with Crippen LogP contribution in [0.2, 0.25) is 0 Å². The fraction of sp³-hybridized carbons (Fsp3) is 0.0556. The molecule has 0 spiro atoms. The number of H-pyrrole nitrogens is 2. The Morgan fingerprint density at radius 1 is 1.09 bits per heavy atom. The number of aromatic nitrogens is 3. The molecule has 23 heavy (non-hydrogen) atoms. The van der Waals surface area contributed by atoms with E-state index < -0.39 is 0 Å². The highest BCUT2D eigenvalue weighted by Gasteiger charge is 2.25. The highest BCUT2D eigenvalue weighted by molar-refractivity contribution is 5.85. The molecule has 1 aliphatic carbocycles. The first-order chi connectivity index (χ1) is 11.3. The number of hydrogen-bond acceptors (Lipinski definition) is 2. The van der Waals surface area contributed by atoms with Crippen molar-refractivity contribution >= 4 is 22.4 Å². The zero-order valence-corrected chi connectivity index (χ0v) is 12.2. The molecule has 2 aromatic carbocycles. The summed E-state index contributed by atoms with van der Waals surface area (Å²) in [7, 11) is 0. The molecule has 2 aromatic heterocycles. The molecule has 0 radical (unpaired) electrons. The number of rotatable bonds is 2. The largest absolute Gasteiger partial charge is 0.361 e. The van der Waals surface area contributed by atoms with E-state index in [0.717, 1.165) is 44.8 Å². The summed E-state index contributed by atoms with van der Waals surface area (Å²) in [5.74, 6) is 0.664. The van der Waals surface area contributed by atoms with Crippen LogP contribution in [0.15, 0.2) is 48.7 Å². The highest BCUT2D eigenvalue weighted by Crippen LogP contribution is 2.39. The number of anilines is 2. The normalized spacial score (nSPS) is 12.4. The van der Waals surface area contributed by atoms with Crippen LogP contribution < -0.4 is 5.32 Å². The minimum Gasteiger partial charge on any atom is -0.361 e. The molecule has 3 N–H and O–H groups in total. The van der Waals surface area contributed by atoms with E-state index in [1.54, 1.807) is 12.1 Å². The second kappa shape index (κ2) is 4.46. The fourth-order valence-electron chi connectivity index (χ4n) is 3.27. The molecule has 2 heterocycles. The maximum absolute atomic E-state index is 13.4. The Balaban J connectivity index is 1.53. The molecular weight excluding hydrogens is 291 g/mol. The summed E-state index contributed by atoms with van der Waals surface area (Å²) < 4.78 is 13.4. The topological polar surface area (TPSA) is 56.5 Å². The molecule has 0 amide bonds. The number of nitrogens with zero attached hydrogens (tertiary/aromatic N) is 1. The van der Waals surface area contributed by atoms with Crippen LogP contribution in [-0.4, -0.2) is 15.2 Å². The van der Waals surface area contributed by atoms with Gasteiger partial charge in [0.2, 0.25) is 0 Å². The summed E-state index contributed by atoms with van der Waals surface area (Å²) in [5.41, 5.74) is 6.08. The SMILES string of the molecule is Fc1ccc2c(c1)Cc1c-2n[nH]c1Nc1ccc2[nH]ccc2c1. The van der Waals surface area contributed by atoms with Crippen LogP contribution in [0.5, 0.6) is 0 Å². The van der Waals surface area contributed by atoms with Crippen molar-refractivity contribution in [3.05, 3.63) is 65.6 Å². The number of hydrogen-bond donors (Lipinski definition) is 3. The second-order valence-electron chi connectivity index (χ2n) is 5.81. The van der Waals surface area contributed by atoms with Gasteiger partial charge in [-0.05, 0) is 48.0 Å². The van der Waals surface area contributed by atoms with Gasteiger partial charge in [-0.15, -0.1) is 0 Å². The quantitative estimate of drug-likeness (QED) is 0.454. The van der Waals surface area contributed by atoms with Gasteiger partial charge < -0.3 is 10.3 Å². The van der Waals surface area contributed by atoms with Crippen molar-refractivity contribution in [3.63, 3.8) is 0 Å². The average Bonchev–Trinajstić information content (AvgIpc) is 3.22. The lowest BCUT2D eigenvalue weighted by Crippen LogP contribution is -1.94. The van der Waals surface area contributed by atoms with Crippen LogP contribution >= 0.6 is 0 Å². The first kappa shape index (κ1) is 12.5. The first-order valence-electron chi connectivity index (χ1n) is 7.48. The molecule has 1 aliphatic rings. The molecule has 0 saturated heterocycles. The third-order valence-corrected chi connectivity index (χ3v) is 4.38. The molecule has 5 rings (SSSR count). The molecule has 0 aliphatic heterocycles. The molecule has 4 nitrogen and oxygen atoms in total. The van der Waals surface area contributed by atoms with Gasteiger partial charge in [0.05, 0.1) is 5.69 Å². The standard InChI is InChI=1S/C18H13FN4/c19-12-1-3-14-11(7-12)9-15-17(14)22-23-18(15)21-13-2-4-16-10(8-13)5-6-20-16/h1-8,20H,9H2,(H2,21,22,23). The summed E-state index contributed by atoms with van der Waals surface area (Å²) in [6.07, 6.45) is 2.61. The lowest BCUT2D eigenvalue weighted by atomic mass is 10.1. The average molecular weight is 304 g/mol. The van der Waals surface area contributed by atoms with Crippen molar-refractivity contribution in [2.45, 2.75) is 6.42 Å². The lowest BCUT2D eigenvalue weighted by Gasteiger charge is -2.06. The van der Waals surface area contributed by atoms with Crippen LogP contribution in [0.25, 0.3) is 22.2 Å². The minimum absolute atomic E-state index is 0.203. The van der Waals surface area contributed by atoms with E-state index in [-0.39, 0.29) is 5.82 Å². The Bertz CT molecular complexity index is 1040. The van der Waals surface area contributed by atoms with Gasteiger partial charge in [0, 0.05) is 40.3 Å². The van der Waals surface area contributed by atoms with Crippen molar-refractivity contribution in [2.24, 2.45) is 0 Å². The van der Waals surface area contributed by atoms with E-state index in [1.165, 1.54) is 6.07 Å². The number of halogens is 1. The smallest absolute Gasteiger partial charge is 0.130 e. The Morgan fingerprint density at radius 2 is 2.04 bits per heavy atom. The molecule has 4 aromatic rings. The number of aromatic amines is 2. The summed E-state index contributed by atoms with van der Waals surface area (Å²) in [5, 5.41) is 12.0. The molecule has 5 heteroatoms. The Kier molecular flexibility index (Phi) is 2.42. The Hall–Kier alpha value is -3.08. The third-order valence-electron chi connectivity index (χ3n) is 4.38. The monoisotopic (exact) mass is 304 g/mol. The molecular formula is C18H13FN4. The van der Waals surface area contributed by atoms with Crippen molar-refractivity contribution in [1.82, 2.24) is 15.2 Å². The predicted octanol–water partition coefficient (Wildman–Crippen LogP) is 4.34. The summed E-state index contributed by atoms with van der Waals surface area (Å²) >= 11 is 0. The predicted molar refractivity (Wildman–Crippen MR) is 88.4 cm³/mol. The fourth-order valence-corrected chi connectivity index (χ4v) is 3.27. The van der Waals surface area contributed by atoms with Crippen LogP contribution in [0.3, 0.4) is 0 Å². The summed E-state index contributed by atoms with van der Waals surface area (Å²) in [4.78, 5) is 3.18. The molecule has 0 fully saturated rings. The van der Waals surface area contributed by atoms with Crippen molar-refractivity contribution < 1.29 is 4.39 Å². The van der Waals surface area contributed by atoms with E-state index in [9.17, 15) is 4.39 Å². The van der Waals surface area contributed by atoms with E-state index in [0.29, 0.717) is 6.42 Å². The van der Waals surface area contributed by atoms with Crippen molar-refractivity contribution in [1.29, 1.82) is 0 Å². The van der Waals surface area contributed by atoms with Crippen LogP contribution in [0.1, 0.15) is 11.1 Å². The molecule has 0 bridgehead atoms. The van der Waals surface area contributed by atoms with Gasteiger partial charge in [-0.25, -0.2) is 4.39 Å². The van der Waals surface area contributed by atoms with Crippen LogP contribution in [-0.2, 0) is 6.42 Å². The Labute approximate surface area is 131 Å². The second-order valence-corrected chi connectivity index (χ2v) is 5.81. The zero-order chi connectivity index (χ0) is 15.4. The van der Waals surface area contributed by atoms with Gasteiger partial charge in [-0.3, -0.25) is 5.10 Å². The number of nitrogens with one attached hydrogen (secondary N) is 3. The molecule has 112 valence electrons. The van der Waals surface area contributed by atoms with E-state index in [1.807, 2.05) is 24.4 Å². The van der Waals surface area contributed by atoms with Gasteiger partial charge >= 0.3 is 0 Å². The van der Waals surface area contributed by atoms with Crippen molar-refractivity contribution in [2.75, 3.05) is 5.32 Å². The van der Waals surface area contributed by atoms with Gasteiger partial charge in [-0.1, -0.05) is 0 Å². The molecule has 0 unspecified atom stereocenters. The van der Waals surface area contributed by atoms with Gasteiger partial charge in [-0.2, -0.15) is 5.10 Å². The Morgan fingerprint density at radius 3 is 3.00 bits per heavy atom. The van der Waals surface area contributed by atoms with Gasteiger partial charge in [0.15, 0.2) is 0 Å². The summed E-state index contributed by atoms with van der Waals surface area (Å²) in [6.45, 7) is 0. The number of benzene rings is 2. The van der Waals surface area contributed by atoms with Gasteiger partial charge in [0.1, 0.15) is 11.6 Å². The summed E-state index contributed by atoms with van der Waals surface area (Å²) in [6, 6.07) is 13.1. The highest BCUT2D eigenvalue weighted by atomic mass is 19.1. The molecule has 0 atom stereocenters. The van der Waals surface area contributed by atoms with Crippen LogP contribution in [0.4, 0.5) is 15.9 Å². The number of fused-ring (bicyclic) bond motifs is 4.